The molecule has 1 atom stereocenters. The highest BCUT2D eigenvalue weighted by Crippen LogP contribution is 2.31. The van der Waals surface area contributed by atoms with Gasteiger partial charge in [0.1, 0.15) is 11.7 Å². The van der Waals surface area contributed by atoms with Crippen molar-refractivity contribution in [1.82, 2.24) is 4.90 Å². The topological polar surface area (TPSA) is 84.7 Å². The zero-order valence-corrected chi connectivity index (χ0v) is 17.5. The number of carbonyl (C=O) groups is 1. The normalized spacial score (nSPS) is 16.2. The molecule has 30 heavy (non-hydrogen) atoms. The molecule has 7 nitrogen and oxygen atoms in total. The highest BCUT2D eigenvalue weighted by Gasteiger charge is 2.32. The molecule has 1 saturated heterocycles. The number of aryl methyl sites for hydroxylation is 1. The van der Waals surface area contributed by atoms with Crippen LogP contribution < -0.4 is 5.32 Å². The van der Waals surface area contributed by atoms with Crippen LogP contribution >= 0.6 is 0 Å². The number of piperidine rings is 1. The Morgan fingerprint density at radius 1 is 1.23 bits per heavy atom. The molecule has 0 saturated carbocycles. The number of nitro benzene ring substituents is 1. The molecule has 0 spiro atoms. The number of anilines is 1. The van der Waals surface area contributed by atoms with Crippen LogP contribution in [-0.4, -0.2) is 42.0 Å². The summed E-state index contributed by atoms with van der Waals surface area (Å²) in [5.74, 6) is 0.246. The number of nitrogens with zero attached hydrogens (tertiary/aromatic N) is 2. The van der Waals surface area contributed by atoms with Gasteiger partial charge >= 0.3 is 0 Å². The average Bonchev–Trinajstić information content (AvgIpc) is 2.75. The molecule has 1 fully saturated rings. The number of hydrogen-bond donors (Lipinski definition) is 1. The van der Waals surface area contributed by atoms with Gasteiger partial charge in [-0.25, -0.2) is 0 Å². The summed E-state index contributed by atoms with van der Waals surface area (Å²) >= 11 is 0. The van der Waals surface area contributed by atoms with Gasteiger partial charge < -0.3 is 10.1 Å². The van der Waals surface area contributed by atoms with E-state index in [4.69, 9.17) is 4.74 Å². The molecule has 2 aromatic carbocycles. The van der Waals surface area contributed by atoms with Gasteiger partial charge in [-0.2, -0.15) is 0 Å². The van der Waals surface area contributed by atoms with E-state index in [2.05, 4.69) is 10.2 Å². The van der Waals surface area contributed by atoms with Crippen molar-refractivity contribution in [3.63, 3.8) is 0 Å². The maximum absolute atomic E-state index is 13.3. The van der Waals surface area contributed by atoms with Crippen LogP contribution in [0.1, 0.15) is 36.9 Å². The predicted octanol–water partition coefficient (Wildman–Crippen LogP) is 4.33. The first kappa shape index (κ1) is 21.9. The second kappa shape index (κ2) is 10.3. The molecule has 1 amide bonds. The molecule has 0 radical (unpaired) electrons. The van der Waals surface area contributed by atoms with Crippen LogP contribution in [0, 0.1) is 23.0 Å². The Kier molecular flexibility index (Phi) is 7.54. The standard InChI is InChI=1S/C23H29N3O4/c1-3-30-16-18-11-13-25(14-12-18)22(19-7-5-4-6-8-19)23(27)24-20-10-9-17(2)15-21(20)26(28)29/h4-10,15,18,22H,3,11-14,16H2,1-2H3,(H,24,27). The Bertz CT molecular complexity index is 864. The van der Waals surface area contributed by atoms with E-state index in [0.717, 1.165) is 43.7 Å². The van der Waals surface area contributed by atoms with E-state index in [1.165, 1.54) is 6.07 Å². The summed E-state index contributed by atoms with van der Waals surface area (Å²) in [6, 6.07) is 13.9. The van der Waals surface area contributed by atoms with Crippen LogP contribution in [0.15, 0.2) is 48.5 Å². The SMILES string of the molecule is CCOCC1CCN(C(C(=O)Nc2ccc(C)cc2[N+](=O)[O-])c2ccccc2)CC1. The number of nitro groups is 1. The van der Waals surface area contributed by atoms with Crippen LogP contribution in [0.5, 0.6) is 0 Å². The Hall–Kier alpha value is -2.77. The van der Waals surface area contributed by atoms with Crippen LogP contribution in [0.3, 0.4) is 0 Å². The summed E-state index contributed by atoms with van der Waals surface area (Å²) in [7, 11) is 0. The lowest BCUT2D eigenvalue weighted by molar-refractivity contribution is -0.384. The van der Waals surface area contributed by atoms with E-state index in [0.29, 0.717) is 12.5 Å². The molecular formula is C23H29N3O4. The van der Waals surface area contributed by atoms with Crippen molar-refractivity contribution in [3.8, 4) is 0 Å². The fourth-order valence-corrected chi connectivity index (χ4v) is 3.93. The fourth-order valence-electron chi connectivity index (χ4n) is 3.93. The quantitative estimate of drug-likeness (QED) is 0.516. The molecular weight excluding hydrogens is 382 g/mol. The first-order valence-corrected chi connectivity index (χ1v) is 10.4. The molecule has 3 rings (SSSR count). The highest BCUT2D eigenvalue weighted by atomic mass is 16.6. The van der Waals surface area contributed by atoms with Gasteiger partial charge in [0.25, 0.3) is 5.69 Å². The van der Waals surface area contributed by atoms with Gasteiger partial charge in [-0.3, -0.25) is 19.8 Å². The van der Waals surface area contributed by atoms with Crippen LogP contribution in [-0.2, 0) is 9.53 Å². The molecule has 1 aliphatic rings. The van der Waals surface area contributed by atoms with Crippen molar-refractivity contribution in [2.75, 3.05) is 31.6 Å². The van der Waals surface area contributed by atoms with Gasteiger partial charge in [-0.1, -0.05) is 36.4 Å². The molecule has 7 heteroatoms. The first-order valence-electron chi connectivity index (χ1n) is 10.4. The Morgan fingerprint density at radius 2 is 1.93 bits per heavy atom. The third-order valence-corrected chi connectivity index (χ3v) is 5.54. The average molecular weight is 412 g/mol. The molecule has 0 aliphatic carbocycles. The zero-order valence-electron chi connectivity index (χ0n) is 17.5. The highest BCUT2D eigenvalue weighted by molar-refractivity contribution is 5.97. The lowest BCUT2D eigenvalue weighted by Crippen LogP contribution is -2.42. The van der Waals surface area contributed by atoms with Gasteiger partial charge in [0.2, 0.25) is 5.91 Å². The molecule has 2 aromatic rings. The lowest BCUT2D eigenvalue weighted by Gasteiger charge is -2.37. The van der Waals surface area contributed by atoms with Gasteiger partial charge in [-0.05, 0) is 62.9 Å². The number of ether oxygens (including phenoxy) is 1. The van der Waals surface area contributed by atoms with E-state index >= 15 is 0 Å². The molecule has 1 unspecified atom stereocenters. The summed E-state index contributed by atoms with van der Waals surface area (Å²) < 4.78 is 5.56. The molecule has 1 N–H and O–H groups in total. The van der Waals surface area contributed by atoms with Crippen molar-refractivity contribution in [2.24, 2.45) is 5.92 Å². The number of hydrogen-bond acceptors (Lipinski definition) is 5. The molecule has 0 bridgehead atoms. The van der Waals surface area contributed by atoms with Crippen LogP contribution in [0.4, 0.5) is 11.4 Å². The Morgan fingerprint density at radius 3 is 2.57 bits per heavy atom. The first-order chi connectivity index (χ1) is 14.5. The lowest BCUT2D eigenvalue weighted by atomic mass is 9.94. The van der Waals surface area contributed by atoms with Crippen molar-refractivity contribution >= 4 is 17.3 Å². The number of carbonyl (C=O) groups excluding carboxylic acids is 1. The minimum Gasteiger partial charge on any atom is -0.381 e. The van der Waals surface area contributed by atoms with E-state index in [1.807, 2.05) is 37.3 Å². The van der Waals surface area contributed by atoms with Gasteiger partial charge in [0, 0.05) is 19.3 Å². The summed E-state index contributed by atoms with van der Waals surface area (Å²) in [5.41, 5.74) is 1.79. The third-order valence-electron chi connectivity index (χ3n) is 5.54. The van der Waals surface area contributed by atoms with E-state index < -0.39 is 11.0 Å². The summed E-state index contributed by atoms with van der Waals surface area (Å²) in [6.07, 6.45) is 1.92. The smallest absolute Gasteiger partial charge is 0.293 e. The summed E-state index contributed by atoms with van der Waals surface area (Å²) in [5, 5.41) is 14.3. The minimum absolute atomic E-state index is 0.0921. The van der Waals surface area contributed by atoms with E-state index in [1.54, 1.807) is 19.1 Å². The second-order valence-corrected chi connectivity index (χ2v) is 7.72. The third kappa shape index (κ3) is 5.43. The van der Waals surface area contributed by atoms with Gasteiger partial charge in [0.15, 0.2) is 0 Å². The fraction of sp³-hybridized carbons (Fsp3) is 0.435. The predicted molar refractivity (Wildman–Crippen MR) is 116 cm³/mol. The largest absolute Gasteiger partial charge is 0.381 e. The maximum atomic E-state index is 13.3. The van der Waals surface area contributed by atoms with E-state index in [9.17, 15) is 14.9 Å². The second-order valence-electron chi connectivity index (χ2n) is 7.72. The molecule has 160 valence electrons. The number of amides is 1. The summed E-state index contributed by atoms with van der Waals surface area (Å²) in [4.78, 5) is 26.5. The Balaban J connectivity index is 1.80. The van der Waals surface area contributed by atoms with Crippen molar-refractivity contribution in [3.05, 3.63) is 69.8 Å². The van der Waals surface area contributed by atoms with Crippen molar-refractivity contribution in [1.29, 1.82) is 0 Å². The maximum Gasteiger partial charge on any atom is 0.293 e. The Labute approximate surface area is 177 Å². The van der Waals surface area contributed by atoms with E-state index in [-0.39, 0.29) is 17.3 Å². The molecule has 1 aliphatic heterocycles. The van der Waals surface area contributed by atoms with Crippen molar-refractivity contribution < 1.29 is 14.5 Å². The van der Waals surface area contributed by atoms with Gasteiger partial charge in [-0.15, -0.1) is 0 Å². The van der Waals surface area contributed by atoms with Gasteiger partial charge in [0.05, 0.1) is 4.92 Å². The van der Waals surface area contributed by atoms with Crippen LogP contribution in [0.25, 0.3) is 0 Å². The monoisotopic (exact) mass is 411 g/mol. The van der Waals surface area contributed by atoms with Crippen molar-refractivity contribution in [2.45, 2.75) is 32.7 Å². The number of rotatable bonds is 8. The number of benzene rings is 2. The van der Waals surface area contributed by atoms with Crippen LogP contribution in [0.2, 0.25) is 0 Å². The minimum atomic E-state index is -0.500. The number of nitrogens with one attached hydrogen (secondary N) is 1. The molecule has 0 aromatic heterocycles. The summed E-state index contributed by atoms with van der Waals surface area (Å²) in [6.45, 7) is 6.81. The zero-order chi connectivity index (χ0) is 21.5. The molecule has 1 heterocycles. The number of likely N-dealkylation sites (tertiary alicyclic amines) is 1.